The fourth-order valence-corrected chi connectivity index (χ4v) is 4.01. The molecule has 176 valence electrons. The van der Waals surface area contributed by atoms with Gasteiger partial charge in [-0.15, -0.1) is 0 Å². The number of nitrogens with zero attached hydrogens (tertiary/aromatic N) is 6. The lowest BCUT2D eigenvalue weighted by Crippen LogP contribution is -2.54. The molecule has 0 spiro atoms. The number of amides is 1. The van der Waals surface area contributed by atoms with E-state index in [0.29, 0.717) is 11.3 Å². The van der Waals surface area contributed by atoms with Crippen LogP contribution < -0.4 is 4.90 Å². The number of carbonyl (C=O) groups is 1. The molecule has 0 saturated heterocycles. The Bertz CT molecular complexity index is 1220. The van der Waals surface area contributed by atoms with Crippen molar-refractivity contribution in [2.24, 2.45) is 0 Å². The minimum atomic E-state index is -1.13. The summed E-state index contributed by atoms with van der Waals surface area (Å²) in [6.07, 6.45) is 5.91. The number of anilines is 1. The van der Waals surface area contributed by atoms with Crippen molar-refractivity contribution < 1.29 is 18.3 Å². The smallest absolute Gasteiger partial charge is 0.417 e. The summed E-state index contributed by atoms with van der Waals surface area (Å²) in [7, 11) is 0. The average Bonchev–Trinajstić information content (AvgIpc) is 3.24. The number of nitriles is 1. The van der Waals surface area contributed by atoms with Gasteiger partial charge in [-0.25, -0.2) is 28.4 Å². The van der Waals surface area contributed by atoms with Crippen LogP contribution in [0.4, 0.5) is 19.5 Å². The van der Waals surface area contributed by atoms with Gasteiger partial charge in [0.25, 0.3) is 0 Å². The van der Waals surface area contributed by atoms with Crippen molar-refractivity contribution in [3.8, 4) is 11.8 Å². The van der Waals surface area contributed by atoms with E-state index in [2.05, 4.69) is 15.0 Å². The first-order chi connectivity index (χ1) is 16.1. The highest BCUT2D eigenvalue weighted by Crippen LogP contribution is 2.46. The maximum Gasteiger partial charge on any atom is 0.417 e. The molecule has 0 radical (unpaired) electrons. The highest BCUT2D eigenvalue weighted by molar-refractivity contribution is 5.86. The first-order valence-corrected chi connectivity index (χ1v) is 10.8. The van der Waals surface area contributed by atoms with E-state index in [0.717, 1.165) is 0 Å². The van der Waals surface area contributed by atoms with Crippen LogP contribution >= 0.6 is 0 Å². The predicted octanol–water partition coefficient (Wildman–Crippen LogP) is 4.48. The van der Waals surface area contributed by atoms with E-state index >= 15 is 0 Å². The molecule has 0 unspecified atom stereocenters. The van der Waals surface area contributed by atoms with E-state index in [1.54, 1.807) is 43.8 Å². The first kappa shape index (κ1) is 23.3. The van der Waals surface area contributed by atoms with Crippen molar-refractivity contribution in [3.63, 3.8) is 0 Å². The van der Waals surface area contributed by atoms with Crippen LogP contribution in [0.3, 0.4) is 0 Å². The maximum absolute atomic E-state index is 14.7. The van der Waals surface area contributed by atoms with Crippen LogP contribution in [0.2, 0.25) is 0 Å². The predicted molar refractivity (Wildman–Crippen MR) is 120 cm³/mol. The number of halogens is 2. The van der Waals surface area contributed by atoms with Gasteiger partial charge in [0.05, 0.1) is 29.3 Å². The highest BCUT2D eigenvalue weighted by Gasteiger charge is 2.51. The molecule has 0 bridgehead atoms. The fourth-order valence-electron chi connectivity index (χ4n) is 4.01. The molecule has 3 aromatic rings. The van der Waals surface area contributed by atoms with Crippen molar-refractivity contribution in [1.29, 1.82) is 5.26 Å². The standard InChI is InChI=1S/C24H24F2N6O2/c1-23(2,3)34-22(33)32(15-24(9-17(25)10-24)20-19(26)5-4-7-28-20)21-29-12-18(13-30-21)31-8-6-16(11-27)14-31/h4-8,12-14,17H,9-10,15H2,1-3H3. The number of hydrogen-bond donors (Lipinski definition) is 0. The van der Waals surface area contributed by atoms with Crippen molar-refractivity contribution in [2.45, 2.75) is 50.8 Å². The van der Waals surface area contributed by atoms with E-state index in [4.69, 9.17) is 10.00 Å². The molecule has 1 fully saturated rings. The zero-order valence-electron chi connectivity index (χ0n) is 19.1. The van der Waals surface area contributed by atoms with Gasteiger partial charge in [0.2, 0.25) is 5.95 Å². The van der Waals surface area contributed by atoms with Crippen LogP contribution in [0.25, 0.3) is 5.69 Å². The fraction of sp³-hybridized carbons (Fsp3) is 0.375. The molecule has 0 aromatic carbocycles. The number of ether oxygens (including phenoxy) is 1. The lowest BCUT2D eigenvalue weighted by atomic mass is 9.64. The van der Waals surface area contributed by atoms with E-state index < -0.39 is 29.1 Å². The third kappa shape index (κ3) is 4.73. The Hall–Kier alpha value is -3.87. The first-order valence-electron chi connectivity index (χ1n) is 10.8. The molecule has 10 heteroatoms. The molecule has 34 heavy (non-hydrogen) atoms. The number of rotatable bonds is 5. The third-order valence-corrected chi connectivity index (χ3v) is 5.55. The third-order valence-electron chi connectivity index (χ3n) is 5.55. The van der Waals surface area contributed by atoms with Gasteiger partial charge >= 0.3 is 6.09 Å². The van der Waals surface area contributed by atoms with Crippen molar-refractivity contribution >= 4 is 12.0 Å². The Morgan fingerprint density at radius 3 is 2.56 bits per heavy atom. The van der Waals surface area contributed by atoms with E-state index in [9.17, 15) is 13.6 Å². The molecule has 3 aromatic heterocycles. The zero-order chi connectivity index (χ0) is 24.5. The molecular formula is C24H24F2N6O2. The highest BCUT2D eigenvalue weighted by atomic mass is 19.1. The molecular weight excluding hydrogens is 442 g/mol. The minimum Gasteiger partial charge on any atom is -0.443 e. The second-order valence-electron chi connectivity index (χ2n) is 9.35. The van der Waals surface area contributed by atoms with Gasteiger partial charge in [0.15, 0.2) is 0 Å². The Balaban J connectivity index is 1.69. The number of aromatic nitrogens is 4. The van der Waals surface area contributed by atoms with E-state index in [1.807, 2.05) is 6.07 Å². The summed E-state index contributed by atoms with van der Waals surface area (Å²) < 4.78 is 36.0. The minimum absolute atomic E-state index is 0.0125. The Labute approximate surface area is 195 Å². The maximum atomic E-state index is 14.7. The Morgan fingerprint density at radius 2 is 2.00 bits per heavy atom. The summed E-state index contributed by atoms with van der Waals surface area (Å²) in [5, 5.41) is 9.03. The van der Waals surface area contributed by atoms with Crippen LogP contribution in [0.15, 0.2) is 49.2 Å². The lowest BCUT2D eigenvalue weighted by Gasteiger charge is -2.45. The van der Waals surface area contributed by atoms with Gasteiger partial charge in [-0.3, -0.25) is 4.98 Å². The van der Waals surface area contributed by atoms with Crippen LogP contribution in [0.5, 0.6) is 0 Å². The molecule has 1 aliphatic carbocycles. The Kier molecular flexibility index (Phi) is 6.04. The second-order valence-corrected chi connectivity index (χ2v) is 9.35. The number of pyridine rings is 1. The van der Waals surface area contributed by atoms with Crippen molar-refractivity contribution in [3.05, 3.63) is 66.3 Å². The van der Waals surface area contributed by atoms with Crippen LogP contribution in [0, 0.1) is 17.1 Å². The molecule has 8 nitrogen and oxygen atoms in total. The van der Waals surface area contributed by atoms with Gasteiger partial charge < -0.3 is 9.30 Å². The van der Waals surface area contributed by atoms with Crippen LogP contribution in [0.1, 0.15) is 44.9 Å². The molecule has 1 amide bonds. The molecule has 1 aliphatic rings. The van der Waals surface area contributed by atoms with Gasteiger partial charge in [0.1, 0.15) is 23.7 Å². The van der Waals surface area contributed by atoms with Gasteiger partial charge in [0, 0.05) is 30.6 Å². The van der Waals surface area contributed by atoms with E-state index in [1.165, 1.54) is 35.6 Å². The number of alkyl halides is 1. The topological polar surface area (TPSA) is 96.9 Å². The van der Waals surface area contributed by atoms with Crippen LogP contribution in [-0.4, -0.2) is 43.9 Å². The normalized spacial score (nSPS) is 19.7. The molecule has 0 aliphatic heterocycles. The quantitative estimate of drug-likeness (QED) is 0.550. The van der Waals surface area contributed by atoms with E-state index in [-0.39, 0.29) is 31.0 Å². The number of hydrogen-bond acceptors (Lipinski definition) is 6. The SMILES string of the molecule is CC(C)(C)OC(=O)N(CC1(c2ncccc2F)CC(F)C1)c1ncc(-n2ccc(C#N)c2)cn1. The second kappa shape index (κ2) is 8.82. The Morgan fingerprint density at radius 1 is 1.29 bits per heavy atom. The van der Waals surface area contributed by atoms with Gasteiger partial charge in [-0.05, 0) is 51.8 Å². The summed E-state index contributed by atoms with van der Waals surface area (Å²) in [5.74, 6) is -0.528. The largest absolute Gasteiger partial charge is 0.443 e. The summed E-state index contributed by atoms with van der Waals surface area (Å²) in [4.78, 5) is 27.2. The summed E-state index contributed by atoms with van der Waals surface area (Å²) >= 11 is 0. The summed E-state index contributed by atoms with van der Waals surface area (Å²) in [5.41, 5.74) is -0.687. The van der Waals surface area contributed by atoms with Gasteiger partial charge in [-0.1, -0.05) is 0 Å². The lowest BCUT2D eigenvalue weighted by molar-refractivity contribution is 0.0505. The molecule has 3 heterocycles. The summed E-state index contributed by atoms with van der Waals surface area (Å²) in [6.45, 7) is 5.07. The molecule has 4 rings (SSSR count). The number of carbonyl (C=O) groups excluding carboxylic acids is 1. The average molecular weight is 466 g/mol. The van der Waals surface area contributed by atoms with Crippen LogP contribution in [-0.2, 0) is 10.2 Å². The zero-order valence-corrected chi connectivity index (χ0v) is 19.1. The molecule has 1 saturated carbocycles. The van der Waals surface area contributed by atoms with Gasteiger partial charge in [-0.2, -0.15) is 5.26 Å². The summed E-state index contributed by atoms with van der Waals surface area (Å²) in [6, 6.07) is 6.43. The monoisotopic (exact) mass is 466 g/mol. The molecule has 0 atom stereocenters. The van der Waals surface area contributed by atoms with Crippen molar-refractivity contribution in [1.82, 2.24) is 19.5 Å². The van der Waals surface area contributed by atoms with Crippen molar-refractivity contribution in [2.75, 3.05) is 11.4 Å². The molecule has 0 N–H and O–H groups in total.